The van der Waals surface area contributed by atoms with Crippen LogP contribution in [0.25, 0.3) is 0 Å². The van der Waals surface area contributed by atoms with Crippen molar-refractivity contribution in [1.29, 1.82) is 0 Å². The predicted molar refractivity (Wildman–Crippen MR) is 80.4 cm³/mol. The molecule has 0 heterocycles. The summed E-state index contributed by atoms with van der Waals surface area (Å²) in [4.78, 5) is 11.8. The standard InChI is InChI=1S/C13H18BrNO2S/c14-10-11-2-4-12(5-3-11)13(17)15-6-9-18-8-1-7-16/h2-5,16H,1,6-10H2,(H,15,17). The van der Waals surface area contributed by atoms with Gasteiger partial charge in [0.15, 0.2) is 0 Å². The fraction of sp³-hybridized carbons (Fsp3) is 0.462. The van der Waals surface area contributed by atoms with Gasteiger partial charge in [-0.25, -0.2) is 0 Å². The second-order valence-corrected chi connectivity index (χ2v) is 5.56. The van der Waals surface area contributed by atoms with Gasteiger partial charge in [0, 0.05) is 29.8 Å². The van der Waals surface area contributed by atoms with E-state index in [0.717, 1.165) is 28.8 Å². The largest absolute Gasteiger partial charge is 0.396 e. The Morgan fingerprint density at radius 2 is 2.00 bits per heavy atom. The van der Waals surface area contributed by atoms with Gasteiger partial charge >= 0.3 is 0 Å². The lowest BCUT2D eigenvalue weighted by atomic mass is 10.1. The number of thioether (sulfide) groups is 1. The first-order valence-corrected chi connectivity index (χ1v) is 8.17. The van der Waals surface area contributed by atoms with Crippen LogP contribution in [0.2, 0.25) is 0 Å². The molecular formula is C13H18BrNO2S. The van der Waals surface area contributed by atoms with Crippen LogP contribution < -0.4 is 5.32 Å². The molecule has 5 heteroatoms. The summed E-state index contributed by atoms with van der Waals surface area (Å²) < 4.78 is 0. The van der Waals surface area contributed by atoms with Crippen molar-refractivity contribution in [1.82, 2.24) is 5.32 Å². The molecule has 0 aliphatic rings. The zero-order valence-corrected chi connectivity index (χ0v) is 12.6. The summed E-state index contributed by atoms with van der Waals surface area (Å²) in [5.74, 6) is 1.79. The quantitative estimate of drug-likeness (QED) is 0.568. The van der Waals surface area contributed by atoms with Crippen LogP contribution in [0.1, 0.15) is 22.3 Å². The Kier molecular flexibility index (Phi) is 8.13. The molecule has 100 valence electrons. The first-order chi connectivity index (χ1) is 8.77. The van der Waals surface area contributed by atoms with Crippen molar-refractivity contribution in [2.75, 3.05) is 24.7 Å². The van der Waals surface area contributed by atoms with Crippen LogP contribution in [0, 0.1) is 0 Å². The molecule has 0 spiro atoms. The number of carbonyl (C=O) groups is 1. The fourth-order valence-electron chi connectivity index (χ4n) is 1.35. The van der Waals surface area contributed by atoms with E-state index in [9.17, 15) is 4.79 Å². The summed E-state index contributed by atoms with van der Waals surface area (Å²) in [5.41, 5.74) is 1.85. The predicted octanol–water partition coefficient (Wildman–Crippen LogP) is 2.43. The third kappa shape index (κ3) is 5.89. The van der Waals surface area contributed by atoms with Crippen molar-refractivity contribution in [2.45, 2.75) is 11.8 Å². The van der Waals surface area contributed by atoms with Crippen molar-refractivity contribution in [3.8, 4) is 0 Å². The molecule has 0 saturated carbocycles. The first kappa shape index (κ1) is 15.5. The zero-order valence-electron chi connectivity index (χ0n) is 10.2. The van der Waals surface area contributed by atoms with E-state index < -0.39 is 0 Å². The molecule has 0 bridgehead atoms. The Morgan fingerprint density at radius 3 is 2.61 bits per heavy atom. The van der Waals surface area contributed by atoms with Crippen LogP contribution in [-0.2, 0) is 5.33 Å². The van der Waals surface area contributed by atoms with Gasteiger partial charge in [0.25, 0.3) is 5.91 Å². The number of nitrogens with one attached hydrogen (secondary N) is 1. The van der Waals surface area contributed by atoms with Gasteiger partial charge in [0.05, 0.1) is 0 Å². The molecule has 0 atom stereocenters. The van der Waals surface area contributed by atoms with E-state index in [1.165, 1.54) is 0 Å². The topological polar surface area (TPSA) is 49.3 Å². The average Bonchev–Trinajstić information content (AvgIpc) is 2.42. The third-order valence-electron chi connectivity index (χ3n) is 2.35. The number of hydrogen-bond donors (Lipinski definition) is 2. The highest BCUT2D eigenvalue weighted by molar-refractivity contribution is 9.08. The summed E-state index contributed by atoms with van der Waals surface area (Å²) in [5, 5.41) is 12.3. The maximum absolute atomic E-state index is 11.8. The van der Waals surface area contributed by atoms with Crippen LogP contribution in [-0.4, -0.2) is 35.7 Å². The highest BCUT2D eigenvalue weighted by Gasteiger charge is 2.03. The van der Waals surface area contributed by atoms with Crippen molar-refractivity contribution in [3.05, 3.63) is 35.4 Å². The summed E-state index contributed by atoms with van der Waals surface area (Å²) in [6, 6.07) is 7.56. The second kappa shape index (κ2) is 9.42. The number of amides is 1. The summed E-state index contributed by atoms with van der Waals surface area (Å²) in [7, 11) is 0. The van der Waals surface area contributed by atoms with Crippen molar-refractivity contribution in [2.24, 2.45) is 0 Å². The molecule has 0 fully saturated rings. The van der Waals surface area contributed by atoms with Gasteiger partial charge in [0.2, 0.25) is 0 Å². The number of alkyl halides is 1. The number of carbonyl (C=O) groups excluding carboxylic acids is 1. The van der Waals surface area contributed by atoms with Gasteiger partial charge < -0.3 is 10.4 Å². The lowest BCUT2D eigenvalue weighted by Gasteiger charge is -2.05. The Morgan fingerprint density at radius 1 is 1.28 bits per heavy atom. The minimum Gasteiger partial charge on any atom is -0.396 e. The van der Waals surface area contributed by atoms with Crippen molar-refractivity contribution in [3.63, 3.8) is 0 Å². The van der Waals surface area contributed by atoms with Crippen LogP contribution in [0.15, 0.2) is 24.3 Å². The van der Waals surface area contributed by atoms with Crippen molar-refractivity contribution >= 4 is 33.6 Å². The first-order valence-electron chi connectivity index (χ1n) is 5.89. The van der Waals surface area contributed by atoms with Crippen LogP contribution >= 0.6 is 27.7 Å². The summed E-state index contributed by atoms with van der Waals surface area (Å²) >= 11 is 5.11. The molecular weight excluding hydrogens is 314 g/mol. The molecule has 0 aromatic heterocycles. The molecule has 1 amide bonds. The van der Waals surface area contributed by atoms with E-state index in [-0.39, 0.29) is 12.5 Å². The maximum Gasteiger partial charge on any atom is 0.251 e. The zero-order chi connectivity index (χ0) is 13.2. The van der Waals surface area contributed by atoms with E-state index >= 15 is 0 Å². The molecule has 0 unspecified atom stereocenters. The second-order valence-electron chi connectivity index (χ2n) is 3.78. The van der Waals surface area contributed by atoms with E-state index in [1.807, 2.05) is 24.3 Å². The Balaban J connectivity index is 2.23. The van der Waals surface area contributed by atoms with Crippen LogP contribution in [0.3, 0.4) is 0 Å². The van der Waals surface area contributed by atoms with Gasteiger partial charge in [-0.15, -0.1) is 0 Å². The Labute approximate surface area is 120 Å². The molecule has 1 aromatic carbocycles. The van der Waals surface area contributed by atoms with Crippen LogP contribution in [0.4, 0.5) is 0 Å². The number of rotatable bonds is 8. The van der Waals surface area contributed by atoms with Gasteiger partial charge in [0.1, 0.15) is 0 Å². The smallest absolute Gasteiger partial charge is 0.251 e. The average molecular weight is 332 g/mol. The SMILES string of the molecule is O=C(NCCSCCCO)c1ccc(CBr)cc1. The van der Waals surface area contributed by atoms with Gasteiger partial charge in [-0.2, -0.15) is 11.8 Å². The van der Waals surface area contributed by atoms with E-state index in [0.29, 0.717) is 12.1 Å². The molecule has 0 radical (unpaired) electrons. The summed E-state index contributed by atoms with van der Waals surface area (Å²) in [6.45, 7) is 0.897. The van der Waals surface area contributed by atoms with Crippen LogP contribution in [0.5, 0.6) is 0 Å². The Hall–Kier alpha value is -0.520. The molecule has 1 rings (SSSR count). The number of aliphatic hydroxyl groups excluding tert-OH is 1. The third-order valence-corrected chi connectivity index (χ3v) is 4.07. The molecule has 0 saturated heterocycles. The molecule has 0 aliphatic heterocycles. The lowest BCUT2D eigenvalue weighted by molar-refractivity contribution is 0.0956. The number of aliphatic hydroxyl groups is 1. The molecule has 2 N–H and O–H groups in total. The molecule has 1 aromatic rings. The highest BCUT2D eigenvalue weighted by Crippen LogP contribution is 2.08. The Bertz CT molecular complexity index is 357. The normalized spacial score (nSPS) is 10.3. The lowest BCUT2D eigenvalue weighted by Crippen LogP contribution is -2.25. The van der Waals surface area contributed by atoms with Gasteiger partial charge in [-0.3, -0.25) is 4.79 Å². The molecule has 0 aliphatic carbocycles. The monoisotopic (exact) mass is 331 g/mol. The molecule has 18 heavy (non-hydrogen) atoms. The maximum atomic E-state index is 11.8. The summed E-state index contributed by atoms with van der Waals surface area (Å²) in [6.07, 6.45) is 0.812. The fourth-order valence-corrected chi connectivity index (χ4v) is 2.51. The minimum atomic E-state index is -0.0288. The van der Waals surface area contributed by atoms with E-state index in [2.05, 4.69) is 21.2 Å². The highest BCUT2D eigenvalue weighted by atomic mass is 79.9. The van der Waals surface area contributed by atoms with Gasteiger partial charge in [-0.1, -0.05) is 28.1 Å². The van der Waals surface area contributed by atoms with Gasteiger partial charge in [-0.05, 0) is 29.9 Å². The van der Waals surface area contributed by atoms with Crippen molar-refractivity contribution < 1.29 is 9.90 Å². The number of benzene rings is 1. The number of hydrogen-bond acceptors (Lipinski definition) is 3. The van der Waals surface area contributed by atoms with E-state index in [1.54, 1.807) is 11.8 Å². The number of halogens is 1. The minimum absolute atomic E-state index is 0.0288. The van der Waals surface area contributed by atoms with E-state index in [4.69, 9.17) is 5.11 Å². The molecule has 3 nitrogen and oxygen atoms in total.